The van der Waals surface area contributed by atoms with Crippen molar-refractivity contribution in [3.63, 3.8) is 0 Å². The SMILES string of the molecule is CCCC1(CCC)c2cc(C(=O)C(=N)CC3CCCCC3)ccc2-c2ccc(C(=O)c3ccoc3)cc21. The topological polar surface area (TPSA) is 71.1 Å². The molecule has 1 fully saturated rings. The van der Waals surface area contributed by atoms with Crippen LogP contribution in [0.5, 0.6) is 0 Å². The van der Waals surface area contributed by atoms with Crippen LogP contribution in [0.25, 0.3) is 11.1 Å². The van der Waals surface area contributed by atoms with Crippen LogP contribution >= 0.6 is 0 Å². The fourth-order valence-corrected chi connectivity index (χ4v) is 6.80. The van der Waals surface area contributed by atoms with Crippen LogP contribution in [0.3, 0.4) is 0 Å². The number of rotatable bonds is 10. The second-order valence-corrected chi connectivity index (χ2v) is 11.0. The van der Waals surface area contributed by atoms with Gasteiger partial charge in [-0.15, -0.1) is 0 Å². The lowest BCUT2D eigenvalue weighted by Crippen LogP contribution is -2.26. The van der Waals surface area contributed by atoms with Crippen LogP contribution in [-0.2, 0) is 5.41 Å². The zero-order valence-corrected chi connectivity index (χ0v) is 22.1. The standard InChI is InChI=1S/C33H37NO3/c1-3-15-33(16-4-2)28-19-23(31(35)25-14-17-37-21-25)10-12-26(28)27-13-11-24(20-29(27)33)32(36)30(34)18-22-8-6-5-7-9-22/h10-14,17,19-22,34H,3-9,15-16,18H2,1-2H3. The molecule has 1 N–H and O–H groups in total. The van der Waals surface area contributed by atoms with Crippen LogP contribution in [-0.4, -0.2) is 17.3 Å². The van der Waals surface area contributed by atoms with Crippen molar-refractivity contribution in [2.24, 2.45) is 5.92 Å². The molecule has 0 unspecified atom stereocenters. The molecule has 0 spiro atoms. The van der Waals surface area contributed by atoms with E-state index in [1.165, 1.54) is 42.9 Å². The van der Waals surface area contributed by atoms with Crippen LogP contribution in [0.15, 0.2) is 59.4 Å². The van der Waals surface area contributed by atoms with E-state index < -0.39 is 0 Å². The molecule has 1 heterocycles. The average molecular weight is 496 g/mol. The van der Waals surface area contributed by atoms with Gasteiger partial charge in [-0.1, -0.05) is 83.1 Å². The third-order valence-electron chi connectivity index (χ3n) is 8.51. The molecular formula is C33H37NO3. The first kappa shape index (κ1) is 25.4. The number of carbonyl (C=O) groups is 2. The van der Waals surface area contributed by atoms with Crippen molar-refractivity contribution in [1.82, 2.24) is 0 Å². The quantitative estimate of drug-likeness (QED) is 0.226. The molecule has 0 aliphatic heterocycles. The summed E-state index contributed by atoms with van der Waals surface area (Å²) in [5.74, 6) is 0.290. The lowest BCUT2D eigenvalue weighted by Gasteiger charge is -2.32. The Balaban J connectivity index is 1.53. The Morgan fingerprint density at radius 3 is 2.08 bits per heavy atom. The minimum Gasteiger partial charge on any atom is -0.472 e. The van der Waals surface area contributed by atoms with Gasteiger partial charge in [0.15, 0.2) is 5.78 Å². The minimum atomic E-state index is -0.247. The van der Waals surface area contributed by atoms with Crippen LogP contribution in [0.2, 0.25) is 0 Å². The number of Topliss-reactive ketones (excluding diaryl/α,β-unsaturated/α-hetero) is 1. The molecule has 1 aromatic heterocycles. The van der Waals surface area contributed by atoms with Crippen molar-refractivity contribution in [2.45, 2.75) is 83.5 Å². The molecule has 2 aliphatic carbocycles. The van der Waals surface area contributed by atoms with Crippen molar-refractivity contribution in [1.29, 1.82) is 5.41 Å². The predicted octanol–water partition coefficient (Wildman–Crippen LogP) is 8.55. The van der Waals surface area contributed by atoms with E-state index >= 15 is 0 Å². The highest BCUT2D eigenvalue weighted by Gasteiger charge is 2.42. The molecule has 0 radical (unpaired) electrons. The number of hydrogen-bond donors (Lipinski definition) is 1. The van der Waals surface area contributed by atoms with Gasteiger partial charge in [0.25, 0.3) is 0 Å². The normalized spacial score (nSPS) is 16.3. The van der Waals surface area contributed by atoms with Crippen LogP contribution in [0.1, 0.15) is 115 Å². The van der Waals surface area contributed by atoms with Gasteiger partial charge in [-0.05, 0) is 65.6 Å². The number of carbonyl (C=O) groups excluding carboxylic acids is 2. The van der Waals surface area contributed by atoms with Gasteiger partial charge in [0.2, 0.25) is 5.78 Å². The van der Waals surface area contributed by atoms with Crippen LogP contribution in [0, 0.1) is 11.3 Å². The van der Waals surface area contributed by atoms with E-state index in [1.807, 2.05) is 12.1 Å². The van der Waals surface area contributed by atoms with E-state index in [4.69, 9.17) is 9.83 Å². The van der Waals surface area contributed by atoms with E-state index in [0.717, 1.165) is 49.7 Å². The number of ketones is 2. The van der Waals surface area contributed by atoms with Gasteiger partial charge in [-0.2, -0.15) is 0 Å². The van der Waals surface area contributed by atoms with E-state index in [0.29, 0.717) is 29.0 Å². The molecule has 192 valence electrons. The summed E-state index contributed by atoms with van der Waals surface area (Å²) in [6, 6.07) is 13.8. The van der Waals surface area contributed by atoms with Gasteiger partial charge in [0.1, 0.15) is 6.26 Å². The second kappa shape index (κ2) is 10.6. The van der Waals surface area contributed by atoms with Crippen LogP contribution in [0.4, 0.5) is 0 Å². The molecule has 0 saturated heterocycles. The Kier molecular flexibility index (Phi) is 7.28. The summed E-state index contributed by atoms with van der Waals surface area (Å²) in [6.45, 7) is 4.40. The zero-order valence-electron chi connectivity index (χ0n) is 22.1. The van der Waals surface area contributed by atoms with Crippen molar-refractivity contribution in [3.05, 3.63) is 82.8 Å². The molecular weight excluding hydrogens is 458 g/mol. The summed E-state index contributed by atoms with van der Waals surface area (Å²) in [4.78, 5) is 26.6. The monoisotopic (exact) mass is 495 g/mol. The summed E-state index contributed by atoms with van der Waals surface area (Å²) in [7, 11) is 0. The Labute approximate surface area is 220 Å². The predicted molar refractivity (Wildman–Crippen MR) is 148 cm³/mol. The van der Waals surface area contributed by atoms with Gasteiger partial charge in [0, 0.05) is 16.5 Å². The number of hydrogen-bond acceptors (Lipinski definition) is 4. The second-order valence-electron chi connectivity index (χ2n) is 11.0. The number of benzene rings is 2. The molecule has 1 saturated carbocycles. The lowest BCUT2D eigenvalue weighted by atomic mass is 9.71. The molecule has 3 aromatic rings. The Morgan fingerprint density at radius 1 is 0.865 bits per heavy atom. The first-order valence-corrected chi connectivity index (χ1v) is 14.0. The van der Waals surface area contributed by atoms with Crippen molar-refractivity contribution >= 4 is 17.3 Å². The summed E-state index contributed by atoms with van der Waals surface area (Å²) < 4.78 is 5.15. The van der Waals surface area contributed by atoms with Crippen molar-refractivity contribution < 1.29 is 14.0 Å². The first-order valence-electron chi connectivity index (χ1n) is 14.0. The highest BCUT2D eigenvalue weighted by Crippen LogP contribution is 2.54. The fourth-order valence-electron chi connectivity index (χ4n) is 6.80. The van der Waals surface area contributed by atoms with Crippen LogP contribution < -0.4 is 0 Å². The first-order chi connectivity index (χ1) is 18.0. The Hall–Kier alpha value is -3.27. The Morgan fingerprint density at radius 2 is 1.49 bits per heavy atom. The molecule has 0 amide bonds. The van der Waals surface area contributed by atoms with Gasteiger partial charge in [-0.25, -0.2) is 0 Å². The minimum absolute atomic E-state index is 0.0403. The third kappa shape index (κ3) is 4.63. The maximum Gasteiger partial charge on any atom is 0.206 e. The maximum absolute atomic E-state index is 13.4. The van der Waals surface area contributed by atoms with Gasteiger partial charge in [0.05, 0.1) is 17.5 Å². The molecule has 4 nitrogen and oxygen atoms in total. The van der Waals surface area contributed by atoms with E-state index in [2.05, 4.69) is 38.1 Å². The van der Waals surface area contributed by atoms with E-state index in [9.17, 15) is 9.59 Å². The smallest absolute Gasteiger partial charge is 0.206 e. The number of nitrogens with one attached hydrogen (secondary N) is 1. The average Bonchev–Trinajstić information content (AvgIpc) is 3.55. The highest BCUT2D eigenvalue weighted by molar-refractivity contribution is 6.45. The largest absolute Gasteiger partial charge is 0.472 e. The highest BCUT2D eigenvalue weighted by atomic mass is 16.3. The molecule has 4 heteroatoms. The molecule has 5 rings (SSSR count). The van der Waals surface area contributed by atoms with E-state index in [1.54, 1.807) is 6.07 Å². The maximum atomic E-state index is 13.4. The summed E-state index contributed by atoms with van der Waals surface area (Å²) in [6.07, 6.45) is 13.5. The molecule has 0 atom stereocenters. The zero-order chi connectivity index (χ0) is 26.0. The fraction of sp³-hybridized carbons (Fsp3) is 0.424. The summed E-state index contributed by atoms with van der Waals surface area (Å²) in [5.41, 5.74) is 6.49. The van der Waals surface area contributed by atoms with Gasteiger partial charge >= 0.3 is 0 Å². The lowest BCUT2D eigenvalue weighted by molar-refractivity contribution is 0.103. The molecule has 37 heavy (non-hydrogen) atoms. The summed E-state index contributed by atoms with van der Waals surface area (Å²) in [5, 5.41) is 8.60. The molecule has 2 aromatic carbocycles. The summed E-state index contributed by atoms with van der Waals surface area (Å²) >= 11 is 0. The number of furan rings is 1. The van der Waals surface area contributed by atoms with E-state index in [-0.39, 0.29) is 22.7 Å². The Bertz CT molecular complexity index is 1310. The van der Waals surface area contributed by atoms with Gasteiger partial charge in [-0.3, -0.25) is 9.59 Å². The van der Waals surface area contributed by atoms with Crippen molar-refractivity contribution in [2.75, 3.05) is 0 Å². The van der Waals surface area contributed by atoms with Crippen molar-refractivity contribution in [3.8, 4) is 11.1 Å². The molecule has 0 bridgehead atoms. The molecule has 2 aliphatic rings. The third-order valence-corrected chi connectivity index (χ3v) is 8.51. The van der Waals surface area contributed by atoms with Gasteiger partial charge < -0.3 is 9.83 Å². The number of fused-ring (bicyclic) bond motifs is 3.